The van der Waals surface area contributed by atoms with Gasteiger partial charge in [-0.25, -0.2) is 0 Å². The second kappa shape index (κ2) is 6.69. The molecule has 1 aromatic rings. The molecule has 0 aromatic heterocycles. The Morgan fingerprint density at radius 2 is 2.00 bits per heavy atom. The molecule has 3 N–H and O–H groups in total. The molecule has 2 atom stereocenters. The van der Waals surface area contributed by atoms with E-state index in [-0.39, 0.29) is 5.91 Å². The smallest absolute Gasteiger partial charge is 0.225 e. The average Bonchev–Trinajstić information content (AvgIpc) is 2.76. The van der Waals surface area contributed by atoms with Crippen LogP contribution in [0.5, 0.6) is 5.75 Å². The largest absolute Gasteiger partial charge is 0.495 e. The van der Waals surface area contributed by atoms with Crippen molar-refractivity contribution in [2.75, 3.05) is 32.1 Å². The number of aliphatic hydroxyl groups excluding tert-OH is 2. The molecule has 1 heterocycles. The number of para-hydroxylation sites is 2. The number of ether oxygens (including phenoxy) is 1. The first kappa shape index (κ1) is 14.8. The van der Waals surface area contributed by atoms with Crippen molar-refractivity contribution in [3.05, 3.63) is 24.3 Å². The number of anilines is 1. The highest BCUT2D eigenvalue weighted by Crippen LogP contribution is 2.23. The Hall–Kier alpha value is -1.63. The Morgan fingerprint density at radius 1 is 1.35 bits per heavy atom. The van der Waals surface area contributed by atoms with Gasteiger partial charge in [-0.2, -0.15) is 0 Å². The summed E-state index contributed by atoms with van der Waals surface area (Å²) in [4.78, 5) is 13.8. The van der Waals surface area contributed by atoms with Gasteiger partial charge in [-0.3, -0.25) is 9.69 Å². The molecule has 1 saturated heterocycles. The number of likely N-dealkylation sites (tertiary alicyclic amines) is 1. The minimum atomic E-state index is -0.715. The Labute approximate surface area is 118 Å². The zero-order chi connectivity index (χ0) is 14.5. The third-order valence-corrected chi connectivity index (χ3v) is 3.37. The van der Waals surface area contributed by atoms with E-state index in [1.807, 2.05) is 17.0 Å². The van der Waals surface area contributed by atoms with E-state index in [1.165, 1.54) is 0 Å². The fraction of sp³-hybridized carbons (Fsp3) is 0.500. The van der Waals surface area contributed by atoms with Crippen molar-refractivity contribution >= 4 is 11.6 Å². The molecule has 110 valence electrons. The predicted octanol–water partition coefficient (Wildman–Crippen LogP) is 0.0612. The second-order valence-corrected chi connectivity index (χ2v) is 4.89. The molecule has 1 amide bonds. The monoisotopic (exact) mass is 280 g/mol. The van der Waals surface area contributed by atoms with Crippen molar-refractivity contribution in [2.24, 2.45) is 0 Å². The quantitative estimate of drug-likeness (QED) is 0.710. The Morgan fingerprint density at radius 3 is 2.65 bits per heavy atom. The number of aliphatic hydroxyl groups is 2. The first-order chi connectivity index (χ1) is 9.60. The Bertz CT molecular complexity index is 456. The van der Waals surface area contributed by atoms with Crippen molar-refractivity contribution < 1.29 is 19.7 Å². The van der Waals surface area contributed by atoms with Crippen molar-refractivity contribution in [3.8, 4) is 5.75 Å². The van der Waals surface area contributed by atoms with Crippen LogP contribution in [0.2, 0.25) is 0 Å². The van der Waals surface area contributed by atoms with Crippen LogP contribution in [0.25, 0.3) is 0 Å². The summed E-state index contributed by atoms with van der Waals surface area (Å²) in [5.74, 6) is 0.498. The van der Waals surface area contributed by atoms with Gasteiger partial charge in [0.25, 0.3) is 0 Å². The van der Waals surface area contributed by atoms with E-state index in [1.54, 1.807) is 19.2 Å². The highest BCUT2D eigenvalue weighted by Gasteiger charge is 2.29. The van der Waals surface area contributed by atoms with Gasteiger partial charge in [0.05, 0.1) is 25.0 Å². The molecule has 0 aliphatic carbocycles. The molecular weight excluding hydrogens is 260 g/mol. The number of methoxy groups -OCH3 is 1. The fourth-order valence-corrected chi connectivity index (χ4v) is 2.25. The zero-order valence-electron chi connectivity index (χ0n) is 11.5. The number of hydrogen-bond acceptors (Lipinski definition) is 5. The minimum absolute atomic E-state index is 0.120. The van der Waals surface area contributed by atoms with E-state index < -0.39 is 12.2 Å². The van der Waals surface area contributed by atoms with Crippen LogP contribution in [0.3, 0.4) is 0 Å². The minimum Gasteiger partial charge on any atom is -0.495 e. The van der Waals surface area contributed by atoms with Crippen molar-refractivity contribution in [1.82, 2.24) is 4.90 Å². The first-order valence-electron chi connectivity index (χ1n) is 6.61. The Balaban J connectivity index is 1.81. The molecule has 1 fully saturated rings. The number of benzene rings is 1. The standard InChI is InChI=1S/C14H20N2O4/c1-20-13-5-3-2-4-10(13)15-14(19)6-7-16-8-11(17)12(18)9-16/h2-5,11-12,17-18H,6-9H2,1H3,(H,15,19). The molecule has 20 heavy (non-hydrogen) atoms. The lowest BCUT2D eigenvalue weighted by Gasteiger charge is -2.15. The molecular formula is C14H20N2O4. The lowest BCUT2D eigenvalue weighted by molar-refractivity contribution is -0.116. The van der Waals surface area contributed by atoms with Gasteiger partial charge >= 0.3 is 0 Å². The average molecular weight is 280 g/mol. The maximum Gasteiger partial charge on any atom is 0.225 e. The summed E-state index contributed by atoms with van der Waals surface area (Å²) in [5, 5.41) is 21.6. The summed E-state index contributed by atoms with van der Waals surface area (Å²) < 4.78 is 5.16. The predicted molar refractivity (Wildman–Crippen MR) is 74.7 cm³/mol. The summed E-state index contributed by atoms with van der Waals surface area (Å²) in [6, 6.07) is 7.22. The highest BCUT2D eigenvalue weighted by atomic mass is 16.5. The number of β-amino-alcohol motifs (C(OH)–C–C–N with tert-alkyl or cyclic N) is 2. The van der Waals surface area contributed by atoms with E-state index in [0.717, 1.165) is 0 Å². The normalized spacial score (nSPS) is 22.8. The lowest BCUT2D eigenvalue weighted by Crippen LogP contribution is -2.27. The SMILES string of the molecule is COc1ccccc1NC(=O)CCN1CC(O)C(O)C1. The fourth-order valence-electron chi connectivity index (χ4n) is 2.25. The van der Waals surface area contributed by atoms with Gasteiger partial charge in [0.15, 0.2) is 0 Å². The maximum atomic E-state index is 11.9. The van der Waals surface area contributed by atoms with Gasteiger partial charge in [-0.15, -0.1) is 0 Å². The third kappa shape index (κ3) is 3.69. The van der Waals surface area contributed by atoms with Crippen LogP contribution in [0.1, 0.15) is 6.42 Å². The number of nitrogens with one attached hydrogen (secondary N) is 1. The van der Waals surface area contributed by atoms with E-state index in [0.29, 0.717) is 37.5 Å². The van der Waals surface area contributed by atoms with E-state index in [2.05, 4.69) is 5.32 Å². The van der Waals surface area contributed by atoms with Gasteiger partial charge in [-0.05, 0) is 12.1 Å². The van der Waals surface area contributed by atoms with Gasteiger partial charge < -0.3 is 20.3 Å². The van der Waals surface area contributed by atoms with Crippen LogP contribution < -0.4 is 10.1 Å². The molecule has 2 unspecified atom stereocenters. The molecule has 6 nitrogen and oxygen atoms in total. The maximum absolute atomic E-state index is 11.9. The number of carbonyl (C=O) groups excluding carboxylic acids is 1. The van der Waals surface area contributed by atoms with Gasteiger partial charge in [0, 0.05) is 26.1 Å². The number of rotatable bonds is 5. The number of carbonyl (C=O) groups is 1. The van der Waals surface area contributed by atoms with E-state index in [4.69, 9.17) is 4.74 Å². The molecule has 2 rings (SSSR count). The van der Waals surface area contributed by atoms with Gasteiger partial charge in [0.1, 0.15) is 5.75 Å². The summed E-state index contributed by atoms with van der Waals surface area (Å²) >= 11 is 0. The molecule has 0 saturated carbocycles. The lowest BCUT2D eigenvalue weighted by atomic mass is 10.2. The number of hydrogen-bond donors (Lipinski definition) is 3. The van der Waals surface area contributed by atoms with E-state index in [9.17, 15) is 15.0 Å². The van der Waals surface area contributed by atoms with E-state index >= 15 is 0 Å². The van der Waals surface area contributed by atoms with Crippen molar-refractivity contribution in [2.45, 2.75) is 18.6 Å². The van der Waals surface area contributed by atoms with Gasteiger partial charge in [0.2, 0.25) is 5.91 Å². The molecule has 6 heteroatoms. The van der Waals surface area contributed by atoms with Crippen LogP contribution >= 0.6 is 0 Å². The summed E-state index contributed by atoms with van der Waals surface area (Å²) in [6.45, 7) is 1.32. The van der Waals surface area contributed by atoms with Crippen LogP contribution in [0, 0.1) is 0 Å². The second-order valence-electron chi connectivity index (χ2n) is 4.89. The first-order valence-corrected chi connectivity index (χ1v) is 6.61. The Kier molecular flexibility index (Phi) is 4.94. The molecule has 1 aliphatic rings. The number of nitrogens with zero attached hydrogens (tertiary/aromatic N) is 1. The molecule has 0 spiro atoms. The molecule has 1 aliphatic heterocycles. The summed E-state index contributed by atoms with van der Waals surface area (Å²) in [7, 11) is 1.55. The molecule has 0 bridgehead atoms. The number of amides is 1. The summed E-state index contributed by atoms with van der Waals surface area (Å²) in [6.07, 6.45) is -1.13. The van der Waals surface area contributed by atoms with Gasteiger partial charge in [-0.1, -0.05) is 12.1 Å². The third-order valence-electron chi connectivity index (χ3n) is 3.37. The molecule has 1 aromatic carbocycles. The van der Waals surface area contributed by atoms with Crippen LogP contribution in [-0.2, 0) is 4.79 Å². The van der Waals surface area contributed by atoms with Crippen LogP contribution in [0.15, 0.2) is 24.3 Å². The van der Waals surface area contributed by atoms with Crippen molar-refractivity contribution in [3.63, 3.8) is 0 Å². The molecule has 0 radical (unpaired) electrons. The topological polar surface area (TPSA) is 82.0 Å². The summed E-state index contributed by atoms with van der Waals surface area (Å²) in [5.41, 5.74) is 0.640. The highest BCUT2D eigenvalue weighted by molar-refractivity contribution is 5.92. The van der Waals surface area contributed by atoms with Crippen molar-refractivity contribution in [1.29, 1.82) is 0 Å². The zero-order valence-corrected chi connectivity index (χ0v) is 11.5. The van der Waals surface area contributed by atoms with Crippen LogP contribution in [0.4, 0.5) is 5.69 Å². The van der Waals surface area contributed by atoms with Crippen LogP contribution in [-0.4, -0.2) is 60.0 Å².